The summed E-state index contributed by atoms with van der Waals surface area (Å²) in [5, 5.41) is 2.76. The topological polar surface area (TPSA) is 32.3 Å². The number of amides is 1. The average Bonchev–Trinajstić information content (AvgIpc) is 2.52. The highest BCUT2D eigenvalue weighted by Gasteiger charge is 2.18. The van der Waals surface area contributed by atoms with Gasteiger partial charge in [-0.05, 0) is 56.3 Å². The minimum absolute atomic E-state index is 0.159. The third-order valence-corrected chi connectivity index (χ3v) is 4.35. The molecule has 23 heavy (non-hydrogen) atoms. The van der Waals surface area contributed by atoms with E-state index in [2.05, 4.69) is 21.2 Å². The highest BCUT2D eigenvalue weighted by Crippen LogP contribution is 2.16. The molecule has 0 aliphatic carbocycles. The predicted octanol–water partition coefficient (Wildman–Crippen LogP) is 4.36. The summed E-state index contributed by atoms with van der Waals surface area (Å²) in [6.07, 6.45) is 0. The molecule has 0 saturated carbocycles. The van der Waals surface area contributed by atoms with Gasteiger partial charge in [-0.2, -0.15) is 0 Å². The summed E-state index contributed by atoms with van der Waals surface area (Å²) in [5.74, 6) is -0.480. The lowest BCUT2D eigenvalue weighted by Gasteiger charge is -2.24. The highest BCUT2D eigenvalue weighted by atomic mass is 79.9. The van der Waals surface area contributed by atoms with Gasteiger partial charge in [0.25, 0.3) is 0 Å². The van der Waals surface area contributed by atoms with Gasteiger partial charge in [0.1, 0.15) is 5.82 Å². The number of aryl methyl sites for hydroxylation is 1. The van der Waals surface area contributed by atoms with Crippen LogP contribution in [0.25, 0.3) is 0 Å². The predicted molar refractivity (Wildman–Crippen MR) is 94.8 cm³/mol. The molecular formula is C18H20BrFN2O. The number of benzene rings is 2. The maximum atomic E-state index is 13.5. The molecule has 0 fully saturated rings. The van der Waals surface area contributed by atoms with Crippen molar-refractivity contribution in [2.45, 2.75) is 26.4 Å². The monoisotopic (exact) mass is 378 g/mol. The first-order valence-electron chi connectivity index (χ1n) is 7.38. The maximum absolute atomic E-state index is 13.5. The second kappa shape index (κ2) is 7.70. The second-order valence-electron chi connectivity index (χ2n) is 5.67. The van der Waals surface area contributed by atoms with E-state index in [9.17, 15) is 9.18 Å². The minimum atomic E-state index is -0.331. The smallest absolute Gasteiger partial charge is 0.241 e. The Kier molecular flexibility index (Phi) is 5.91. The Morgan fingerprint density at radius 3 is 2.52 bits per heavy atom. The summed E-state index contributed by atoms with van der Waals surface area (Å²) in [6, 6.07) is 12.4. The van der Waals surface area contributed by atoms with Gasteiger partial charge in [-0.3, -0.25) is 9.69 Å². The largest absolute Gasteiger partial charge is 0.325 e. The first kappa shape index (κ1) is 17.6. The maximum Gasteiger partial charge on any atom is 0.241 e. The van der Waals surface area contributed by atoms with Crippen LogP contribution >= 0.6 is 15.9 Å². The third kappa shape index (κ3) is 4.88. The van der Waals surface area contributed by atoms with E-state index in [1.165, 1.54) is 6.07 Å². The fraction of sp³-hybridized carbons (Fsp3) is 0.278. The minimum Gasteiger partial charge on any atom is -0.325 e. The van der Waals surface area contributed by atoms with Crippen molar-refractivity contribution in [3.8, 4) is 0 Å². The molecule has 0 spiro atoms. The molecule has 1 amide bonds. The van der Waals surface area contributed by atoms with Crippen molar-refractivity contribution in [2.75, 3.05) is 12.4 Å². The van der Waals surface area contributed by atoms with Crippen LogP contribution in [0.15, 0.2) is 46.9 Å². The molecule has 0 heterocycles. The summed E-state index contributed by atoms with van der Waals surface area (Å²) in [5.41, 5.74) is 2.15. The zero-order chi connectivity index (χ0) is 17.0. The first-order chi connectivity index (χ1) is 10.9. The fourth-order valence-corrected chi connectivity index (χ4v) is 2.40. The van der Waals surface area contributed by atoms with Crippen molar-refractivity contribution in [1.29, 1.82) is 0 Å². The molecule has 0 aromatic heterocycles. The molecule has 2 aromatic rings. The van der Waals surface area contributed by atoms with Crippen LogP contribution in [0.1, 0.15) is 18.1 Å². The average molecular weight is 379 g/mol. The van der Waals surface area contributed by atoms with Crippen LogP contribution in [0.2, 0.25) is 0 Å². The second-order valence-corrected chi connectivity index (χ2v) is 6.59. The Labute approximate surface area is 144 Å². The number of nitrogens with one attached hydrogen (secondary N) is 1. The number of halogens is 2. The number of rotatable bonds is 5. The molecule has 2 aromatic carbocycles. The SMILES string of the molecule is Cc1ccc(NC(=O)C(C)N(C)Cc2ccc(Br)cc2)cc1F. The molecule has 0 aliphatic heterocycles. The normalized spacial score (nSPS) is 12.3. The zero-order valence-electron chi connectivity index (χ0n) is 13.4. The number of nitrogens with zero attached hydrogens (tertiary/aromatic N) is 1. The summed E-state index contributed by atoms with van der Waals surface area (Å²) in [4.78, 5) is 14.3. The van der Waals surface area contributed by atoms with E-state index < -0.39 is 0 Å². The van der Waals surface area contributed by atoms with Crippen molar-refractivity contribution in [1.82, 2.24) is 4.90 Å². The van der Waals surface area contributed by atoms with E-state index in [4.69, 9.17) is 0 Å². The van der Waals surface area contributed by atoms with E-state index in [0.29, 0.717) is 17.8 Å². The number of carbonyl (C=O) groups excluding carboxylic acids is 1. The molecule has 1 N–H and O–H groups in total. The van der Waals surface area contributed by atoms with E-state index in [1.54, 1.807) is 19.1 Å². The Hall–Kier alpha value is -1.72. The van der Waals surface area contributed by atoms with E-state index in [0.717, 1.165) is 10.0 Å². The Bertz CT molecular complexity index is 688. The quantitative estimate of drug-likeness (QED) is 0.838. The van der Waals surface area contributed by atoms with Crippen LogP contribution < -0.4 is 5.32 Å². The van der Waals surface area contributed by atoms with E-state index in [1.807, 2.05) is 43.1 Å². The van der Waals surface area contributed by atoms with Crippen LogP contribution in [-0.4, -0.2) is 23.9 Å². The Morgan fingerprint density at radius 2 is 1.91 bits per heavy atom. The molecule has 0 bridgehead atoms. The van der Waals surface area contributed by atoms with Crippen LogP contribution in [0, 0.1) is 12.7 Å². The van der Waals surface area contributed by atoms with Crippen molar-refractivity contribution < 1.29 is 9.18 Å². The summed E-state index contributed by atoms with van der Waals surface area (Å²) < 4.78 is 14.6. The van der Waals surface area contributed by atoms with Gasteiger partial charge < -0.3 is 5.32 Å². The van der Waals surface area contributed by atoms with Gasteiger partial charge in [0, 0.05) is 16.7 Å². The lowest BCUT2D eigenvalue weighted by atomic mass is 10.1. The van der Waals surface area contributed by atoms with E-state index >= 15 is 0 Å². The number of anilines is 1. The summed E-state index contributed by atoms with van der Waals surface area (Å²) in [7, 11) is 1.89. The molecule has 0 radical (unpaired) electrons. The fourth-order valence-electron chi connectivity index (χ4n) is 2.13. The van der Waals surface area contributed by atoms with Gasteiger partial charge in [-0.25, -0.2) is 4.39 Å². The highest BCUT2D eigenvalue weighted by molar-refractivity contribution is 9.10. The van der Waals surface area contributed by atoms with Crippen LogP contribution in [-0.2, 0) is 11.3 Å². The van der Waals surface area contributed by atoms with Crippen molar-refractivity contribution in [2.24, 2.45) is 0 Å². The van der Waals surface area contributed by atoms with Gasteiger partial charge in [-0.15, -0.1) is 0 Å². The van der Waals surface area contributed by atoms with Crippen molar-refractivity contribution >= 4 is 27.5 Å². The number of likely N-dealkylation sites (N-methyl/N-ethyl adjacent to an activating group) is 1. The van der Waals surface area contributed by atoms with Gasteiger partial charge >= 0.3 is 0 Å². The third-order valence-electron chi connectivity index (χ3n) is 3.83. The van der Waals surface area contributed by atoms with Crippen LogP contribution in [0.5, 0.6) is 0 Å². The Balaban J connectivity index is 1.97. The lowest BCUT2D eigenvalue weighted by Crippen LogP contribution is -2.39. The Morgan fingerprint density at radius 1 is 1.26 bits per heavy atom. The molecule has 0 aliphatic rings. The van der Waals surface area contributed by atoms with E-state index in [-0.39, 0.29) is 17.8 Å². The molecule has 1 unspecified atom stereocenters. The van der Waals surface area contributed by atoms with Crippen molar-refractivity contribution in [3.05, 3.63) is 63.9 Å². The van der Waals surface area contributed by atoms with Crippen LogP contribution in [0.3, 0.4) is 0 Å². The molecule has 122 valence electrons. The molecule has 0 saturated heterocycles. The zero-order valence-corrected chi connectivity index (χ0v) is 15.0. The number of hydrogen-bond acceptors (Lipinski definition) is 2. The summed E-state index contributed by atoms with van der Waals surface area (Å²) in [6.45, 7) is 4.18. The molecule has 5 heteroatoms. The molecular weight excluding hydrogens is 359 g/mol. The van der Waals surface area contributed by atoms with Crippen molar-refractivity contribution in [3.63, 3.8) is 0 Å². The van der Waals surface area contributed by atoms with Gasteiger partial charge in [-0.1, -0.05) is 34.1 Å². The molecule has 1 atom stereocenters. The molecule has 3 nitrogen and oxygen atoms in total. The van der Waals surface area contributed by atoms with Gasteiger partial charge in [0.15, 0.2) is 0 Å². The van der Waals surface area contributed by atoms with Gasteiger partial charge in [0.2, 0.25) is 5.91 Å². The number of hydrogen-bond donors (Lipinski definition) is 1. The first-order valence-corrected chi connectivity index (χ1v) is 8.18. The molecule has 2 rings (SSSR count). The van der Waals surface area contributed by atoms with Gasteiger partial charge in [0.05, 0.1) is 6.04 Å². The lowest BCUT2D eigenvalue weighted by molar-refractivity contribution is -0.120. The number of carbonyl (C=O) groups is 1. The summed E-state index contributed by atoms with van der Waals surface area (Å²) >= 11 is 3.40. The van der Waals surface area contributed by atoms with Crippen LogP contribution in [0.4, 0.5) is 10.1 Å². The standard InChI is InChI=1S/C18H20BrFN2O/c1-12-4-9-16(10-17(12)20)21-18(23)13(2)22(3)11-14-5-7-15(19)8-6-14/h4-10,13H,11H2,1-3H3,(H,21,23).